The van der Waals surface area contributed by atoms with Gasteiger partial charge in [0, 0.05) is 30.6 Å². The summed E-state index contributed by atoms with van der Waals surface area (Å²) in [5.41, 5.74) is 1.37. The molecule has 0 aliphatic carbocycles. The van der Waals surface area contributed by atoms with Crippen LogP contribution in [-0.2, 0) is 0 Å². The van der Waals surface area contributed by atoms with Crippen molar-refractivity contribution >= 4 is 16.8 Å². The summed E-state index contributed by atoms with van der Waals surface area (Å²) in [6.07, 6.45) is 2.30. The Hall–Kier alpha value is -3.15. The maximum absolute atomic E-state index is 12.7. The summed E-state index contributed by atoms with van der Waals surface area (Å²) < 4.78 is 11.2. The van der Waals surface area contributed by atoms with E-state index in [2.05, 4.69) is 9.97 Å². The molecule has 3 aromatic rings. The second-order valence-corrected chi connectivity index (χ2v) is 6.18. The second-order valence-electron chi connectivity index (χ2n) is 6.18. The molecule has 6 nitrogen and oxygen atoms in total. The molecule has 4 rings (SSSR count). The molecule has 3 heterocycles. The quantitative estimate of drug-likeness (QED) is 0.725. The normalized spacial score (nSPS) is 16.7. The van der Waals surface area contributed by atoms with E-state index in [0.29, 0.717) is 30.4 Å². The number of benzene rings is 1. The van der Waals surface area contributed by atoms with Gasteiger partial charge in [0.25, 0.3) is 5.91 Å². The standard InChI is InChI=1S/C20H19N3O3/c1-25-19-16(6-4-11-21-19)20(24)23-12-10-15(13-23)26-18-9-8-14-5-2-3-7-17(14)22-18/h2-9,11,15H,10,12-13H2,1H3. The fourth-order valence-electron chi connectivity index (χ4n) is 3.18. The third-order valence-electron chi connectivity index (χ3n) is 4.49. The minimum Gasteiger partial charge on any atom is -0.480 e. The van der Waals surface area contributed by atoms with E-state index in [4.69, 9.17) is 9.47 Å². The lowest BCUT2D eigenvalue weighted by molar-refractivity contribution is 0.0767. The van der Waals surface area contributed by atoms with E-state index < -0.39 is 0 Å². The van der Waals surface area contributed by atoms with Gasteiger partial charge in [-0.2, -0.15) is 0 Å². The number of pyridine rings is 2. The maximum Gasteiger partial charge on any atom is 0.259 e. The topological polar surface area (TPSA) is 64.5 Å². The number of amides is 1. The lowest BCUT2D eigenvalue weighted by Crippen LogP contribution is -2.31. The van der Waals surface area contributed by atoms with Gasteiger partial charge < -0.3 is 14.4 Å². The van der Waals surface area contributed by atoms with Crippen LogP contribution in [0.1, 0.15) is 16.8 Å². The molecule has 0 saturated carbocycles. The van der Waals surface area contributed by atoms with E-state index in [1.54, 1.807) is 23.2 Å². The van der Waals surface area contributed by atoms with Gasteiger partial charge in [0.05, 0.1) is 19.2 Å². The van der Waals surface area contributed by atoms with Crippen LogP contribution in [0, 0.1) is 0 Å². The number of ether oxygens (including phenoxy) is 2. The zero-order chi connectivity index (χ0) is 17.9. The molecule has 1 aliphatic rings. The Balaban J connectivity index is 1.45. The van der Waals surface area contributed by atoms with Gasteiger partial charge in [-0.25, -0.2) is 9.97 Å². The lowest BCUT2D eigenvalue weighted by atomic mass is 10.2. The Labute approximate surface area is 151 Å². The van der Waals surface area contributed by atoms with Crippen LogP contribution < -0.4 is 9.47 Å². The first-order chi connectivity index (χ1) is 12.7. The highest BCUT2D eigenvalue weighted by atomic mass is 16.5. The molecule has 1 amide bonds. The third kappa shape index (κ3) is 3.18. The average Bonchev–Trinajstić information content (AvgIpc) is 3.15. The zero-order valence-electron chi connectivity index (χ0n) is 14.5. The van der Waals surface area contributed by atoms with Crippen LogP contribution in [0.2, 0.25) is 0 Å². The Morgan fingerprint density at radius 2 is 2.04 bits per heavy atom. The molecule has 0 spiro atoms. The number of fused-ring (bicyclic) bond motifs is 1. The smallest absolute Gasteiger partial charge is 0.259 e. The minimum absolute atomic E-state index is 0.0738. The van der Waals surface area contributed by atoms with E-state index >= 15 is 0 Å². The summed E-state index contributed by atoms with van der Waals surface area (Å²) in [5.74, 6) is 0.840. The van der Waals surface area contributed by atoms with Crippen molar-refractivity contribution in [3.05, 3.63) is 60.3 Å². The van der Waals surface area contributed by atoms with Crippen LogP contribution in [0.15, 0.2) is 54.7 Å². The van der Waals surface area contributed by atoms with Crippen LogP contribution in [0.4, 0.5) is 0 Å². The minimum atomic E-state index is -0.0903. The second kappa shape index (κ2) is 7.00. The van der Waals surface area contributed by atoms with E-state index in [-0.39, 0.29) is 12.0 Å². The van der Waals surface area contributed by atoms with Gasteiger partial charge in [0.2, 0.25) is 11.8 Å². The first-order valence-electron chi connectivity index (χ1n) is 8.55. The SMILES string of the molecule is COc1ncccc1C(=O)N1CCC(Oc2ccc3ccccc3n2)C1. The van der Waals surface area contributed by atoms with E-state index in [9.17, 15) is 4.79 Å². The number of para-hydroxylation sites is 1. The predicted octanol–water partition coefficient (Wildman–Crippen LogP) is 2.93. The van der Waals surface area contributed by atoms with Gasteiger partial charge in [-0.1, -0.05) is 18.2 Å². The summed E-state index contributed by atoms with van der Waals surface area (Å²) in [4.78, 5) is 23.1. The molecular weight excluding hydrogens is 330 g/mol. The van der Waals surface area contributed by atoms with Crippen LogP contribution in [-0.4, -0.2) is 47.1 Å². The molecule has 6 heteroatoms. The highest BCUT2D eigenvalue weighted by Gasteiger charge is 2.30. The number of aromatic nitrogens is 2. The van der Waals surface area contributed by atoms with Gasteiger partial charge in [-0.3, -0.25) is 4.79 Å². The number of likely N-dealkylation sites (tertiary alicyclic amines) is 1. The van der Waals surface area contributed by atoms with Crippen molar-refractivity contribution in [2.45, 2.75) is 12.5 Å². The number of nitrogens with zero attached hydrogens (tertiary/aromatic N) is 3. The number of methoxy groups -OCH3 is 1. The number of carbonyl (C=O) groups is 1. The van der Waals surface area contributed by atoms with E-state index in [1.165, 1.54) is 7.11 Å². The predicted molar refractivity (Wildman–Crippen MR) is 97.5 cm³/mol. The molecule has 2 aromatic heterocycles. The van der Waals surface area contributed by atoms with Crippen LogP contribution in [0.3, 0.4) is 0 Å². The third-order valence-corrected chi connectivity index (χ3v) is 4.49. The average molecular weight is 349 g/mol. The summed E-state index contributed by atoms with van der Waals surface area (Å²) in [6.45, 7) is 1.15. The van der Waals surface area contributed by atoms with Crippen molar-refractivity contribution in [2.24, 2.45) is 0 Å². The first-order valence-corrected chi connectivity index (χ1v) is 8.55. The summed E-state index contributed by atoms with van der Waals surface area (Å²) in [7, 11) is 1.51. The largest absolute Gasteiger partial charge is 0.480 e. The molecule has 1 aliphatic heterocycles. The lowest BCUT2D eigenvalue weighted by Gasteiger charge is -2.18. The Bertz CT molecular complexity index is 944. The number of hydrogen-bond donors (Lipinski definition) is 0. The Morgan fingerprint density at radius 3 is 2.92 bits per heavy atom. The van der Waals surface area contributed by atoms with Gasteiger partial charge in [-0.15, -0.1) is 0 Å². The van der Waals surface area contributed by atoms with E-state index in [1.807, 2.05) is 36.4 Å². The van der Waals surface area contributed by atoms with Crippen molar-refractivity contribution in [1.82, 2.24) is 14.9 Å². The monoisotopic (exact) mass is 349 g/mol. The fourth-order valence-corrected chi connectivity index (χ4v) is 3.18. The Morgan fingerprint density at radius 1 is 1.15 bits per heavy atom. The van der Waals surface area contributed by atoms with E-state index in [0.717, 1.165) is 17.3 Å². The molecule has 0 N–H and O–H groups in total. The highest BCUT2D eigenvalue weighted by Crippen LogP contribution is 2.23. The molecule has 1 atom stereocenters. The van der Waals surface area contributed by atoms with Gasteiger partial charge in [-0.05, 0) is 24.3 Å². The number of carbonyl (C=O) groups excluding carboxylic acids is 1. The summed E-state index contributed by atoms with van der Waals surface area (Å²) >= 11 is 0. The van der Waals surface area contributed by atoms with Crippen molar-refractivity contribution in [3.8, 4) is 11.8 Å². The molecule has 0 radical (unpaired) electrons. The van der Waals surface area contributed by atoms with Gasteiger partial charge in [0.15, 0.2) is 0 Å². The molecular formula is C20H19N3O3. The molecule has 1 unspecified atom stereocenters. The number of rotatable bonds is 4. The Kier molecular flexibility index (Phi) is 4.39. The molecule has 0 bridgehead atoms. The van der Waals surface area contributed by atoms with Crippen molar-refractivity contribution < 1.29 is 14.3 Å². The number of hydrogen-bond acceptors (Lipinski definition) is 5. The molecule has 1 fully saturated rings. The van der Waals surface area contributed by atoms with Crippen LogP contribution in [0.25, 0.3) is 10.9 Å². The zero-order valence-corrected chi connectivity index (χ0v) is 14.5. The van der Waals surface area contributed by atoms with Crippen LogP contribution in [0.5, 0.6) is 11.8 Å². The summed E-state index contributed by atoms with van der Waals surface area (Å²) in [5, 5.41) is 1.08. The molecule has 1 saturated heterocycles. The van der Waals surface area contributed by atoms with Gasteiger partial charge in [0.1, 0.15) is 11.7 Å². The van der Waals surface area contributed by atoms with Crippen molar-refractivity contribution in [2.75, 3.05) is 20.2 Å². The van der Waals surface area contributed by atoms with Crippen molar-refractivity contribution in [1.29, 1.82) is 0 Å². The fraction of sp³-hybridized carbons (Fsp3) is 0.250. The molecule has 26 heavy (non-hydrogen) atoms. The highest BCUT2D eigenvalue weighted by molar-refractivity contribution is 5.96. The first kappa shape index (κ1) is 16.3. The molecule has 132 valence electrons. The van der Waals surface area contributed by atoms with Gasteiger partial charge >= 0.3 is 0 Å². The molecule has 1 aromatic carbocycles. The van der Waals surface area contributed by atoms with Crippen molar-refractivity contribution in [3.63, 3.8) is 0 Å². The summed E-state index contributed by atoms with van der Waals surface area (Å²) in [6, 6.07) is 15.2. The maximum atomic E-state index is 12.7. The van der Waals surface area contributed by atoms with Crippen LogP contribution >= 0.6 is 0 Å².